The Hall–Kier alpha value is -0.470. The summed E-state index contributed by atoms with van der Waals surface area (Å²) < 4.78 is 0. The molecule has 0 fully saturated rings. The molecular weight excluding hydrogens is 178 g/mol. The number of benzene rings is 1. The zero-order valence-electron chi connectivity index (χ0n) is 8.29. The van der Waals surface area contributed by atoms with Gasteiger partial charge in [0.05, 0.1) is 5.37 Å². The first kappa shape index (κ1) is 9.10. The Kier molecular flexibility index (Phi) is 2.12. The Balaban J connectivity index is 2.47. The number of rotatable bonds is 1. The fraction of sp³-hybridized carbons (Fsp3) is 0.455. The number of nitrogens with one attached hydrogen (secondary N) is 1. The minimum atomic E-state index is 0.246. The Bertz CT molecular complexity index is 320. The van der Waals surface area contributed by atoms with Crippen molar-refractivity contribution in [3.8, 4) is 0 Å². The van der Waals surface area contributed by atoms with Crippen LogP contribution in [0.25, 0.3) is 0 Å². The average Bonchev–Trinajstić information content (AvgIpc) is 2.39. The summed E-state index contributed by atoms with van der Waals surface area (Å²) in [6.45, 7) is 4.60. The standard InChI is InChI=1S/C11H15NS/c1-11(2)8-6-4-5-7-9(8)13-10(11)12-3/h4-7,10,12H,1-3H3. The van der Waals surface area contributed by atoms with Crippen LogP contribution >= 0.6 is 11.8 Å². The van der Waals surface area contributed by atoms with E-state index in [0.29, 0.717) is 5.37 Å². The van der Waals surface area contributed by atoms with Crippen LogP contribution in [-0.2, 0) is 5.41 Å². The van der Waals surface area contributed by atoms with E-state index < -0.39 is 0 Å². The van der Waals surface area contributed by atoms with Crippen LogP contribution in [0.5, 0.6) is 0 Å². The van der Waals surface area contributed by atoms with Crippen molar-refractivity contribution < 1.29 is 0 Å². The molecule has 1 aliphatic heterocycles. The second-order valence-electron chi connectivity index (χ2n) is 4.00. The molecule has 70 valence electrons. The van der Waals surface area contributed by atoms with Gasteiger partial charge < -0.3 is 5.32 Å². The van der Waals surface area contributed by atoms with Gasteiger partial charge in [-0.25, -0.2) is 0 Å². The van der Waals surface area contributed by atoms with Gasteiger partial charge in [0.25, 0.3) is 0 Å². The van der Waals surface area contributed by atoms with Gasteiger partial charge in [0.15, 0.2) is 0 Å². The first-order valence-electron chi connectivity index (χ1n) is 4.59. The summed E-state index contributed by atoms with van der Waals surface area (Å²) in [5.41, 5.74) is 1.72. The molecule has 0 saturated heterocycles. The molecule has 0 radical (unpaired) electrons. The third-order valence-electron chi connectivity index (χ3n) is 2.74. The highest BCUT2D eigenvalue weighted by atomic mass is 32.2. The number of hydrogen-bond acceptors (Lipinski definition) is 2. The van der Waals surface area contributed by atoms with Crippen molar-refractivity contribution in [1.29, 1.82) is 0 Å². The quantitative estimate of drug-likeness (QED) is 0.736. The van der Waals surface area contributed by atoms with Gasteiger partial charge in [0.1, 0.15) is 0 Å². The van der Waals surface area contributed by atoms with E-state index in [4.69, 9.17) is 0 Å². The Labute approximate surface area is 83.9 Å². The molecule has 0 aromatic heterocycles. The van der Waals surface area contributed by atoms with Gasteiger partial charge in [-0.05, 0) is 18.7 Å². The van der Waals surface area contributed by atoms with E-state index in [1.54, 1.807) is 0 Å². The molecule has 0 amide bonds. The molecule has 0 bridgehead atoms. The Morgan fingerprint density at radius 2 is 2.00 bits per heavy atom. The highest BCUT2D eigenvalue weighted by Gasteiger charge is 2.38. The maximum atomic E-state index is 3.36. The zero-order chi connectivity index (χ0) is 9.47. The van der Waals surface area contributed by atoms with Crippen LogP contribution in [-0.4, -0.2) is 12.4 Å². The predicted molar refractivity (Wildman–Crippen MR) is 58.2 cm³/mol. The third kappa shape index (κ3) is 1.29. The van der Waals surface area contributed by atoms with E-state index in [2.05, 4.69) is 43.4 Å². The lowest BCUT2D eigenvalue weighted by molar-refractivity contribution is 0.467. The smallest absolute Gasteiger partial charge is 0.0670 e. The van der Waals surface area contributed by atoms with Crippen LogP contribution in [0.2, 0.25) is 0 Å². The van der Waals surface area contributed by atoms with Crippen molar-refractivity contribution in [3.63, 3.8) is 0 Å². The van der Waals surface area contributed by atoms with Crippen LogP contribution in [0.1, 0.15) is 19.4 Å². The largest absolute Gasteiger partial charge is 0.307 e. The summed E-state index contributed by atoms with van der Waals surface area (Å²) in [7, 11) is 2.03. The summed E-state index contributed by atoms with van der Waals surface area (Å²) >= 11 is 1.93. The van der Waals surface area contributed by atoms with Crippen LogP contribution in [0, 0.1) is 0 Å². The molecule has 2 rings (SSSR count). The maximum absolute atomic E-state index is 3.36. The lowest BCUT2D eigenvalue weighted by Gasteiger charge is -2.26. The summed E-state index contributed by atoms with van der Waals surface area (Å²) in [5, 5.41) is 3.87. The first-order valence-corrected chi connectivity index (χ1v) is 5.47. The van der Waals surface area contributed by atoms with Crippen LogP contribution in [0.15, 0.2) is 29.2 Å². The summed E-state index contributed by atoms with van der Waals surface area (Å²) in [6, 6.07) is 8.68. The summed E-state index contributed by atoms with van der Waals surface area (Å²) in [6.07, 6.45) is 0. The van der Waals surface area contributed by atoms with E-state index in [0.717, 1.165) is 0 Å². The number of likely N-dealkylation sites (N-methyl/N-ethyl adjacent to an activating group) is 1. The molecule has 0 spiro atoms. The van der Waals surface area contributed by atoms with Crippen molar-refractivity contribution in [1.82, 2.24) is 5.32 Å². The summed E-state index contributed by atoms with van der Waals surface area (Å²) in [5.74, 6) is 0. The molecule has 1 aromatic rings. The molecule has 1 N–H and O–H groups in total. The van der Waals surface area contributed by atoms with E-state index >= 15 is 0 Å². The van der Waals surface area contributed by atoms with Gasteiger partial charge in [0.2, 0.25) is 0 Å². The van der Waals surface area contributed by atoms with Crippen molar-refractivity contribution in [2.24, 2.45) is 0 Å². The number of fused-ring (bicyclic) bond motifs is 1. The van der Waals surface area contributed by atoms with Crippen molar-refractivity contribution in [2.75, 3.05) is 7.05 Å². The second kappa shape index (κ2) is 3.03. The Morgan fingerprint density at radius 1 is 1.31 bits per heavy atom. The topological polar surface area (TPSA) is 12.0 Å². The number of thioether (sulfide) groups is 1. The lowest BCUT2D eigenvalue weighted by Crippen LogP contribution is -2.36. The van der Waals surface area contributed by atoms with E-state index in [9.17, 15) is 0 Å². The highest BCUT2D eigenvalue weighted by Crippen LogP contribution is 2.47. The van der Waals surface area contributed by atoms with Crippen molar-refractivity contribution in [2.45, 2.75) is 29.5 Å². The highest BCUT2D eigenvalue weighted by molar-refractivity contribution is 8.00. The fourth-order valence-corrected chi connectivity index (χ4v) is 3.35. The van der Waals surface area contributed by atoms with Crippen LogP contribution < -0.4 is 5.32 Å². The average molecular weight is 193 g/mol. The normalized spacial score (nSPS) is 24.4. The van der Waals surface area contributed by atoms with Gasteiger partial charge in [-0.2, -0.15) is 0 Å². The van der Waals surface area contributed by atoms with E-state index in [1.165, 1.54) is 10.5 Å². The maximum Gasteiger partial charge on any atom is 0.0670 e. The van der Waals surface area contributed by atoms with Crippen LogP contribution in [0.4, 0.5) is 0 Å². The molecule has 1 aromatic carbocycles. The molecule has 1 nitrogen and oxygen atoms in total. The molecule has 0 saturated carbocycles. The van der Waals surface area contributed by atoms with E-state index in [1.807, 2.05) is 18.8 Å². The van der Waals surface area contributed by atoms with Crippen molar-refractivity contribution >= 4 is 11.8 Å². The molecule has 1 heterocycles. The van der Waals surface area contributed by atoms with E-state index in [-0.39, 0.29) is 5.41 Å². The zero-order valence-corrected chi connectivity index (χ0v) is 9.11. The first-order chi connectivity index (χ1) is 6.16. The van der Waals surface area contributed by atoms with Gasteiger partial charge >= 0.3 is 0 Å². The number of hydrogen-bond donors (Lipinski definition) is 1. The van der Waals surface area contributed by atoms with Crippen LogP contribution in [0.3, 0.4) is 0 Å². The lowest BCUT2D eigenvalue weighted by atomic mass is 9.85. The molecule has 0 aliphatic carbocycles. The van der Waals surface area contributed by atoms with Gasteiger partial charge in [-0.15, -0.1) is 11.8 Å². The second-order valence-corrected chi connectivity index (χ2v) is 5.15. The molecule has 13 heavy (non-hydrogen) atoms. The molecule has 2 heteroatoms. The predicted octanol–water partition coefficient (Wildman–Crippen LogP) is 2.62. The molecule has 1 unspecified atom stereocenters. The molecular formula is C11H15NS. The van der Waals surface area contributed by atoms with Crippen molar-refractivity contribution in [3.05, 3.63) is 29.8 Å². The van der Waals surface area contributed by atoms with Gasteiger partial charge in [-0.1, -0.05) is 32.0 Å². The molecule has 1 aliphatic rings. The SMILES string of the molecule is CNC1Sc2ccccc2C1(C)C. The van der Waals surface area contributed by atoms with Gasteiger partial charge in [0, 0.05) is 10.3 Å². The fourth-order valence-electron chi connectivity index (χ4n) is 1.94. The third-order valence-corrected chi connectivity index (χ3v) is 4.41. The molecule has 1 atom stereocenters. The Morgan fingerprint density at radius 3 is 2.62 bits per heavy atom. The minimum absolute atomic E-state index is 0.246. The summed E-state index contributed by atoms with van der Waals surface area (Å²) in [4.78, 5) is 1.42. The van der Waals surface area contributed by atoms with Gasteiger partial charge in [-0.3, -0.25) is 0 Å². The minimum Gasteiger partial charge on any atom is -0.307 e. The monoisotopic (exact) mass is 193 g/mol.